The molecule has 2 N–H and O–H groups in total. The van der Waals surface area contributed by atoms with Crippen LogP contribution in [0.15, 0.2) is 12.1 Å². The van der Waals surface area contributed by atoms with Crippen molar-refractivity contribution in [2.75, 3.05) is 0 Å². The number of benzene rings is 1. The van der Waals surface area contributed by atoms with Crippen molar-refractivity contribution in [3.8, 4) is 0 Å². The van der Waals surface area contributed by atoms with Crippen LogP contribution in [0.2, 0.25) is 0 Å². The predicted molar refractivity (Wildman–Crippen MR) is 49.9 cm³/mol. The molecule has 80 valence electrons. The lowest BCUT2D eigenvalue weighted by molar-refractivity contribution is -0.0579. The molecule has 16 heavy (non-hydrogen) atoms. The predicted octanol–water partition coefficient (Wildman–Crippen LogP) is -0.0848. The molecule has 0 aliphatic carbocycles. The van der Waals surface area contributed by atoms with Crippen molar-refractivity contribution in [3.63, 3.8) is 0 Å². The highest BCUT2D eigenvalue weighted by Crippen LogP contribution is 2.27. The fraction of sp³-hybridized carbons (Fsp3) is 0.100. The van der Waals surface area contributed by atoms with E-state index in [9.17, 15) is 19.6 Å². The van der Waals surface area contributed by atoms with E-state index in [1.165, 1.54) is 12.1 Å². The number of nitrogens with one attached hydrogen (secondary N) is 1. The average Bonchev–Trinajstić information content (AvgIpc) is 2.67. The fourth-order valence-electron chi connectivity index (χ4n) is 1.96. The number of rotatable bonds is 0. The molecule has 6 nitrogen and oxygen atoms in total. The van der Waals surface area contributed by atoms with Crippen molar-refractivity contribution in [2.24, 2.45) is 0 Å². The lowest BCUT2D eigenvalue weighted by Gasteiger charge is -2.02. The minimum absolute atomic E-state index is 0.0446. The molecule has 1 aromatic rings. The van der Waals surface area contributed by atoms with Gasteiger partial charge in [0.15, 0.2) is 0 Å². The van der Waals surface area contributed by atoms with Gasteiger partial charge in [0.1, 0.15) is 0 Å². The summed E-state index contributed by atoms with van der Waals surface area (Å²) in [6.07, 6.45) is 0. The van der Waals surface area contributed by atoms with Crippen molar-refractivity contribution in [2.45, 2.75) is 6.54 Å². The first-order chi connectivity index (χ1) is 7.58. The number of hydrogen-bond donors (Lipinski definition) is 2. The normalized spacial score (nSPS) is 17.6. The number of nitrogens with zero attached hydrogens (tertiary/aromatic N) is 1. The maximum absolute atomic E-state index is 11.4. The van der Waals surface area contributed by atoms with Gasteiger partial charge in [0, 0.05) is 5.56 Å². The Morgan fingerprint density at radius 3 is 2.38 bits per heavy atom. The van der Waals surface area contributed by atoms with E-state index in [4.69, 9.17) is 0 Å². The monoisotopic (exact) mass is 218 g/mol. The van der Waals surface area contributed by atoms with Crippen LogP contribution in [0, 0.1) is 0 Å². The molecule has 0 atom stereocenters. The van der Waals surface area contributed by atoms with E-state index in [1.54, 1.807) is 0 Å². The first kappa shape index (κ1) is 9.05. The van der Waals surface area contributed by atoms with Gasteiger partial charge in [-0.05, 0) is 17.7 Å². The van der Waals surface area contributed by atoms with Gasteiger partial charge in [-0.25, -0.2) is 5.06 Å². The van der Waals surface area contributed by atoms with Crippen LogP contribution in [0.1, 0.15) is 36.6 Å². The van der Waals surface area contributed by atoms with E-state index in [1.807, 2.05) is 0 Å². The van der Waals surface area contributed by atoms with Gasteiger partial charge in [0.05, 0.1) is 17.7 Å². The molecule has 0 saturated carbocycles. The summed E-state index contributed by atoms with van der Waals surface area (Å²) < 4.78 is 0. The molecule has 2 aliphatic rings. The summed E-state index contributed by atoms with van der Waals surface area (Å²) in [5.74, 6) is -1.52. The Labute approximate surface area is 89.4 Å². The second kappa shape index (κ2) is 2.67. The Bertz CT molecular complexity index is 564. The number of hydroxylamine groups is 2. The molecule has 0 saturated heterocycles. The maximum Gasteiger partial charge on any atom is 0.277 e. The van der Waals surface area contributed by atoms with E-state index in [2.05, 4.69) is 5.32 Å². The summed E-state index contributed by atoms with van der Waals surface area (Å²) in [5, 5.41) is 11.9. The lowest BCUT2D eigenvalue weighted by Crippen LogP contribution is -2.20. The molecule has 2 heterocycles. The molecule has 1 aromatic carbocycles. The van der Waals surface area contributed by atoms with Gasteiger partial charge >= 0.3 is 0 Å². The van der Waals surface area contributed by atoms with Crippen LogP contribution in [-0.2, 0) is 6.54 Å². The number of imide groups is 1. The second-order valence-corrected chi connectivity index (χ2v) is 3.70. The topological polar surface area (TPSA) is 86.7 Å². The van der Waals surface area contributed by atoms with Crippen LogP contribution in [0.25, 0.3) is 0 Å². The SMILES string of the molecule is O=C1NC(=O)c2cc3c(cc21)CN(O)C3=O. The molecular weight excluding hydrogens is 212 g/mol. The zero-order valence-corrected chi connectivity index (χ0v) is 7.98. The number of amides is 3. The van der Waals surface area contributed by atoms with Crippen molar-refractivity contribution in [3.05, 3.63) is 34.4 Å². The number of fused-ring (bicyclic) bond motifs is 2. The Morgan fingerprint density at radius 2 is 1.69 bits per heavy atom. The van der Waals surface area contributed by atoms with Crippen LogP contribution >= 0.6 is 0 Å². The Hall–Kier alpha value is -2.21. The van der Waals surface area contributed by atoms with E-state index >= 15 is 0 Å². The Balaban J connectivity index is 2.25. The second-order valence-electron chi connectivity index (χ2n) is 3.70. The van der Waals surface area contributed by atoms with Crippen molar-refractivity contribution < 1.29 is 19.6 Å². The Morgan fingerprint density at radius 1 is 1.06 bits per heavy atom. The highest BCUT2D eigenvalue weighted by Gasteiger charge is 2.33. The average molecular weight is 218 g/mol. The molecule has 0 aromatic heterocycles. The lowest BCUT2D eigenvalue weighted by atomic mass is 10.0. The minimum atomic E-state index is -0.551. The third kappa shape index (κ3) is 0.961. The first-order valence-electron chi connectivity index (χ1n) is 4.61. The highest BCUT2D eigenvalue weighted by atomic mass is 16.5. The molecule has 2 aliphatic heterocycles. The standard InChI is InChI=1S/C10H6N2O4/c13-8-6-1-4-3-12(16)10(15)5(4)2-7(6)9(14)11-8/h1-2,16H,3H2,(H,11,13,14). The van der Waals surface area contributed by atoms with Gasteiger partial charge in [-0.1, -0.05) is 0 Å². The zero-order valence-electron chi connectivity index (χ0n) is 7.98. The molecule has 0 radical (unpaired) electrons. The summed E-state index contributed by atoms with van der Waals surface area (Å²) in [6.45, 7) is 0.0446. The molecule has 0 fully saturated rings. The van der Waals surface area contributed by atoms with Crippen LogP contribution in [0.4, 0.5) is 0 Å². The van der Waals surface area contributed by atoms with Gasteiger partial charge in [-0.15, -0.1) is 0 Å². The quantitative estimate of drug-likeness (QED) is 0.471. The molecule has 3 rings (SSSR count). The number of carbonyl (C=O) groups excluding carboxylic acids is 3. The maximum atomic E-state index is 11.4. The number of carbonyl (C=O) groups is 3. The third-order valence-corrected chi connectivity index (χ3v) is 2.74. The van der Waals surface area contributed by atoms with Gasteiger partial charge in [-0.3, -0.25) is 24.9 Å². The summed E-state index contributed by atoms with van der Waals surface area (Å²) in [7, 11) is 0. The zero-order chi connectivity index (χ0) is 11.4. The summed E-state index contributed by atoms with van der Waals surface area (Å²) in [6, 6.07) is 2.82. The minimum Gasteiger partial charge on any atom is -0.288 e. The smallest absolute Gasteiger partial charge is 0.277 e. The van der Waals surface area contributed by atoms with Gasteiger partial charge in [-0.2, -0.15) is 0 Å². The largest absolute Gasteiger partial charge is 0.288 e. The Kier molecular flexibility index (Phi) is 1.51. The van der Waals surface area contributed by atoms with E-state index in [-0.39, 0.29) is 23.2 Å². The van der Waals surface area contributed by atoms with E-state index in [0.717, 1.165) is 0 Å². The summed E-state index contributed by atoms with van der Waals surface area (Å²) in [4.78, 5) is 34.1. The molecule has 3 amide bonds. The molecule has 6 heteroatoms. The van der Waals surface area contributed by atoms with Crippen LogP contribution < -0.4 is 5.32 Å². The first-order valence-corrected chi connectivity index (χ1v) is 4.61. The summed E-state index contributed by atoms with van der Waals surface area (Å²) in [5.41, 5.74) is 1.27. The van der Waals surface area contributed by atoms with E-state index in [0.29, 0.717) is 10.6 Å². The number of hydrogen-bond acceptors (Lipinski definition) is 4. The van der Waals surface area contributed by atoms with E-state index < -0.39 is 17.7 Å². The van der Waals surface area contributed by atoms with Gasteiger partial charge in [0.2, 0.25) is 0 Å². The summed E-state index contributed by atoms with van der Waals surface area (Å²) >= 11 is 0. The molecule has 0 unspecified atom stereocenters. The molecular formula is C10H6N2O4. The van der Waals surface area contributed by atoms with Gasteiger partial charge < -0.3 is 0 Å². The fourth-order valence-corrected chi connectivity index (χ4v) is 1.96. The van der Waals surface area contributed by atoms with Crippen molar-refractivity contribution in [1.82, 2.24) is 10.4 Å². The molecule has 0 bridgehead atoms. The van der Waals surface area contributed by atoms with Crippen LogP contribution in [0.3, 0.4) is 0 Å². The van der Waals surface area contributed by atoms with Crippen molar-refractivity contribution >= 4 is 17.7 Å². The molecule has 0 spiro atoms. The van der Waals surface area contributed by atoms with Gasteiger partial charge in [0.25, 0.3) is 17.7 Å². The van der Waals surface area contributed by atoms with Crippen LogP contribution in [-0.4, -0.2) is 28.0 Å². The third-order valence-electron chi connectivity index (χ3n) is 2.74. The van der Waals surface area contributed by atoms with Crippen LogP contribution in [0.5, 0.6) is 0 Å². The van der Waals surface area contributed by atoms with Crippen molar-refractivity contribution in [1.29, 1.82) is 0 Å². The highest BCUT2D eigenvalue weighted by molar-refractivity contribution is 6.22.